The Balaban J connectivity index is 1.33. The molecule has 1 aliphatic heterocycles. The van der Waals surface area contributed by atoms with E-state index in [1.54, 1.807) is 11.3 Å². The number of rotatable bonds is 5. The van der Waals surface area contributed by atoms with E-state index in [2.05, 4.69) is 18.3 Å². The second kappa shape index (κ2) is 9.09. The molecule has 0 bridgehead atoms. The number of morpholine rings is 1. The molecule has 1 saturated heterocycles. The van der Waals surface area contributed by atoms with Gasteiger partial charge < -0.3 is 15.0 Å². The van der Waals surface area contributed by atoms with Gasteiger partial charge in [-0.3, -0.25) is 9.59 Å². The van der Waals surface area contributed by atoms with Gasteiger partial charge in [-0.15, -0.1) is 11.3 Å². The molecule has 2 aliphatic rings. The highest BCUT2D eigenvalue weighted by Crippen LogP contribution is 2.33. The van der Waals surface area contributed by atoms with Crippen LogP contribution in [0.4, 0.5) is 0 Å². The number of amides is 2. The lowest BCUT2D eigenvalue weighted by Crippen LogP contribution is -2.40. The Kier molecular flexibility index (Phi) is 6.31. The molecule has 5 nitrogen and oxygen atoms in total. The summed E-state index contributed by atoms with van der Waals surface area (Å²) in [6, 6.07) is 9.60. The van der Waals surface area contributed by atoms with Crippen molar-refractivity contribution in [1.82, 2.24) is 10.2 Å². The molecule has 4 rings (SSSR count). The molecule has 154 valence electrons. The lowest BCUT2D eigenvalue weighted by Gasteiger charge is -2.26. The molecule has 6 heteroatoms. The van der Waals surface area contributed by atoms with E-state index in [-0.39, 0.29) is 11.8 Å². The van der Waals surface area contributed by atoms with Crippen LogP contribution in [0.5, 0.6) is 0 Å². The Hall–Kier alpha value is -2.18. The number of nitrogens with one attached hydrogen (secondary N) is 1. The normalized spacial score (nSPS) is 18.9. The summed E-state index contributed by atoms with van der Waals surface area (Å²) in [4.78, 5) is 29.1. The van der Waals surface area contributed by atoms with E-state index < -0.39 is 0 Å². The highest BCUT2D eigenvalue weighted by atomic mass is 32.1. The van der Waals surface area contributed by atoms with Crippen molar-refractivity contribution in [3.8, 4) is 0 Å². The molecule has 0 spiro atoms. The number of aryl methyl sites for hydroxylation is 1. The molecule has 0 radical (unpaired) electrons. The fourth-order valence-electron chi connectivity index (χ4n) is 4.04. The first-order valence-corrected chi connectivity index (χ1v) is 11.3. The van der Waals surface area contributed by atoms with E-state index >= 15 is 0 Å². The second-order valence-electron chi connectivity index (χ2n) is 7.86. The van der Waals surface area contributed by atoms with Gasteiger partial charge in [0.2, 0.25) is 0 Å². The summed E-state index contributed by atoms with van der Waals surface area (Å²) in [7, 11) is 0. The van der Waals surface area contributed by atoms with Crippen molar-refractivity contribution in [2.75, 3.05) is 26.3 Å². The van der Waals surface area contributed by atoms with Gasteiger partial charge in [-0.1, -0.05) is 25.5 Å². The SMILES string of the molecule is CCC1CCc2sc(C(=O)NCc3ccc(C(=O)N4CCOCC4)cc3)cc2C1. The van der Waals surface area contributed by atoms with Gasteiger partial charge in [0.25, 0.3) is 11.8 Å². The van der Waals surface area contributed by atoms with Crippen molar-refractivity contribution in [3.63, 3.8) is 0 Å². The molecule has 1 N–H and O–H groups in total. The van der Waals surface area contributed by atoms with Crippen molar-refractivity contribution >= 4 is 23.2 Å². The van der Waals surface area contributed by atoms with Crippen LogP contribution in [0.1, 0.15) is 55.8 Å². The maximum Gasteiger partial charge on any atom is 0.261 e. The zero-order valence-electron chi connectivity index (χ0n) is 16.9. The molecule has 1 fully saturated rings. The third kappa shape index (κ3) is 4.70. The number of hydrogen-bond donors (Lipinski definition) is 1. The van der Waals surface area contributed by atoms with E-state index in [1.165, 1.54) is 23.3 Å². The molecule has 1 atom stereocenters. The van der Waals surface area contributed by atoms with Gasteiger partial charge in [-0.05, 0) is 54.5 Å². The van der Waals surface area contributed by atoms with Crippen LogP contribution in [0.15, 0.2) is 30.3 Å². The van der Waals surface area contributed by atoms with Gasteiger partial charge >= 0.3 is 0 Å². The fourth-order valence-corrected chi connectivity index (χ4v) is 5.17. The molecule has 2 heterocycles. The monoisotopic (exact) mass is 412 g/mol. The Bertz CT molecular complexity index is 869. The van der Waals surface area contributed by atoms with Crippen LogP contribution in [-0.2, 0) is 24.1 Å². The number of fused-ring (bicyclic) bond motifs is 1. The fraction of sp³-hybridized carbons (Fsp3) is 0.478. The van der Waals surface area contributed by atoms with Crippen LogP contribution in [0.3, 0.4) is 0 Å². The quantitative estimate of drug-likeness (QED) is 0.815. The Labute approximate surface area is 176 Å². The minimum absolute atomic E-state index is 0.00841. The number of hydrogen-bond acceptors (Lipinski definition) is 4. The minimum Gasteiger partial charge on any atom is -0.378 e. The maximum atomic E-state index is 12.6. The van der Waals surface area contributed by atoms with Crippen LogP contribution >= 0.6 is 11.3 Å². The zero-order chi connectivity index (χ0) is 20.2. The molecular formula is C23H28N2O3S. The van der Waals surface area contributed by atoms with Gasteiger partial charge in [0.15, 0.2) is 0 Å². The molecule has 1 aromatic heterocycles. The molecule has 1 aliphatic carbocycles. The van der Waals surface area contributed by atoms with E-state index in [4.69, 9.17) is 4.74 Å². The average Bonchev–Trinajstić information content (AvgIpc) is 3.21. The molecule has 1 aromatic carbocycles. The molecule has 29 heavy (non-hydrogen) atoms. The number of carbonyl (C=O) groups is 2. The van der Waals surface area contributed by atoms with Crippen LogP contribution in [-0.4, -0.2) is 43.0 Å². The Morgan fingerprint density at radius 1 is 1.21 bits per heavy atom. The third-order valence-electron chi connectivity index (χ3n) is 5.94. The van der Waals surface area contributed by atoms with Gasteiger partial charge in [0.05, 0.1) is 18.1 Å². The predicted molar refractivity (Wildman–Crippen MR) is 114 cm³/mol. The van der Waals surface area contributed by atoms with Gasteiger partial charge in [0, 0.05) is 30.1 Å². The first-order valence-electron chi connectivity index (χ1n) is 10.5. The summed E-state index contributed by atoms with van der Waals surface area (Å²) in [5.74, 6) is 0.788. The van der Waals surface area contributed by atoms with Crippen molar-refractivity contribution < 1.29 is 14.3 Å². The highest BCUT2D eigenvalue weighted by molar-refractivity contribution is 7.14. The van der Waals surface area contributed by atoms with Crippen LogP contribution in [0.25, 0.3) is 0 Å². The number of nitrogens with zero attached hydrogens (tertiary/aromatic N) is 1. The predicted octanol–water partition coefficient (Wildman–Crippen LogP) is 3.67. The highest BCUT2D eigenvalue weighted by Gasteiger charge is 2.22. The topological polar surface area (TPSA) is 58.6 Å². The molecular weight excluding hydrogens is 384 g/mol. The summed E-state index contributed by atoms with van der Waals surface area (Å²) in [6.07, 6.45) is 4.65. The second-order valence-corrected chi connectivity index (χ2v) is 9.00. The van der Waals surface area contributed by atoms with Crippen molar-refractivity contribution in [2.45, 2.75) is 39.2 Å². The lowest BCUT2D eigenvalue weighted by atomic mass is 9.87. The number of benzene rings is 1. The summed E-state index contributed by atoms with van der Waals surface area (Å²) in [5.41, 5.74) is 3.03. The summed E-state index contributed by atoms with van der Waals surface area (Å²) < 4.78 is 5.30. The van der Waals surface area contributed by atoms with E-state index in [9.17, 15) is 9.59 Å². The number of thiophene rings is 1. The molecule has 2 amide bonds. The average molecular weight is 413 g/mol. The van der Waals surface area contributed by atoms with E-state index in [1.807, 2.05) is 29.2 Å². The summed E-state index contributed by atoms with van der Waals surface area (Å²) in [6.45, 7) is 5.18. The van der Waals surface area contributed by atoms with E-state index in [0.29, 0.717) is 38.4 Å². The molecule has 0 saturated carbocycles. The number of ether oxygens (including phenoxy) is 1. The Morgan fingerprint density at radius 3 is 2.69 bits per heavy atom. The smallest absolute Gasteiger partial charge is 0.261 e. The van der Waals surface area contributed by atoms with Crippen molar-refractivity contribution in [2.24, 2.45) is 5.92 Å². The van der Waals surface area contributed by atoms with Gasteiger partial charge in [-0.25, -0.2) is 0 Å². The summed E-state index contributed by atoms with van der Waals surface area (Å²) >= 11 is 1.64. The Morgan fingerprint density at radius 2 is 1.97 bits per heavy atom. The van der Waals surface area contributed by atoms with E-state index in [0.717, 1.165) is 29.2 Å². The van der Waals surface area contributed by atoms with Crippen LogP contribution in [0, 0.1) is 5.92 Å². The summed E-state index contributed by atoms with van der Waals surface area (Å²) in [5, 5.41) is 3.02. The van der Waals surface area contributed by atoms with Gasteiger partial charge in [0.1, 0.15) is 0 Å². The van der Waals surface area contributed by atoms with Crippen molar-refractivity contribution in [1.29, 1.82) is 0 Å². The van der Waals surface area contributed by atoms with Crippen LogP contribution in [0.2, 0.25) is 0 Å². The third-order valence-corrected chi connectivity index (χ3v) is 7.17. The first kappa shape index (κ1) is 20.1. The number of carbonyl (C=O) groups excluding carboxylic acids is 2. The standard InChI is InChI=1S/C23H28N2O3S/c1-2-16-5-8-20-19(13-16)14-21(29-20)22(26)24-15-17-3-6-18(7-4-17)23(27)25-9-11-28-12-10-25/h3-4,6-7,14,16H,2,5,8-13,15H2,1H3,(H,24,26). The minimum atomic E-state index is -0.00841. The van der Waals surface area contributed by atoms with Crippen molar-refractivity contribution in [3.05, 3.63) is 56.8 Å². The van der Waals surface area contributed by atoms with Crippen LogP contribution < -0.4 is 5.32 Å². The zero-order valence-corrected chi connectivity index (χ0v) is 17.7. The van der Waals surface area contributed by atoms with Gasteiger partial charge in [-0.2, -0.15) is 0 Å². The lowest BCUT2D eigenvalue weighted by molar-refractivity contribution is 0.0303. The largest absolute Gasteiger partial charge is 0.378 e. The molecule has 1 unspecified atom stereocenters. The molecule has 2 aromatic rings. The maximum absolute atomic E-state index is 12.6. The first-order chi connectivity index (χ1) is 14.1.